The van der Waals surface area contributed by atoms with Crippen LogP contribution in [-0.4, -0.2) is 27.1 Å². The summed E-state index contributed by atoms with van der Waals surface area (Å²) in [4.78, 5) is 26.0. The lowest BCUT2D eigenvalue weighted by atomic mass is 10.0. The van der Waals surface area contributed by atoms with Gasteiger partial charge >= 0.3 is 0 Å². The Kier molecular flexibility index (Phi) is 5.90. The second kappa shape index (κ2) is 8.16. The van der Waals surface area contributed by atoms with Crippen molar-refractivity contribution in [2.45, 2.75) is 12.5 Å². The van der Waals surface area contributed by atoms with E-state index in [9.17, 15) is 14.7 Å². The van der Waals surface area contributed by atoms with Crippen LogP contribution in [0.2, 0.25) is 0 Å². The minimum absolute atomic E-state index is 0.139. The number of nitrogens with zero attached hydrogens (tertiary/aromatic N) is 1. The summed E-state index contributed by atoms with van der Waals surface area (Å²) in [6.07, 6.45) is 1.85. The van der Waals surface area contributed by atoms with Crippen molar-refractivity contribution in [2.75, 3.05) is 0 Å². The molecule has 0 radical (unpaired) electrons. The summed E-state index contributed by atoms with van der Waals surface area (Å²) >= 11 is 9.76. The predicted octanol–water partition coefficient (Wildman–Crippen LogP) is 3.01. The number of rotatable bonds is 5. The first-order chi connectivity index (χ1) is 12.5. The second-order valence-corrected chi connectivity index (χ2v) is 8.22. The first-order valence-electron chi connectivity index (χ1n) is 7.73. The number of thiocarbonyl (C=S) groups is 1. The van der Waals surface area contributed by atoms with Gasteiger partial charge in [-0.3, -0.25) is 9.69 Å². The molecule has 4 nitrogen and oxygen atoms in total. The van der Waals surface area contributed by atoms with Crippen molar-refractivity contribution in [1.29, 1.82) is 0 Å². The van der Waals surface area contributed by atoms with E-state index in [0.29, 0.717) is 4.91 Å². The van der Waals surface area contributed by atoms with Gasteiger partial charge in [-0.1, -0.05) is 82.4 Å². The number of carbonyl (C=O) groups is 2. The van der Waals surface area contributed by atoms with E-state index in [-0.39, 0.29) is 10.7 Å². The molecule has 1 amide bonds. The lowest BCUT2D eigenvalue weighted by molar-refractivity contribution is -0.310. The zero-order valence-electron chi connectivity index (χ0n) is 13.4. The molecular weight excluding hydrogens is 434 g/mol. The molecule has 26 heavy (non-hydrogen) atoms. The van der Waals surface area contributed by atoms with Gasteiger partial charge in [0.1, 0.15) is 4.32 Å². The van der Waals surface area contributed by atoms with Crippen LogP contribution < -0.4 is 5.11 Å². The topological polar surface area (TPSA) is 60.4 Å². The molecule has 0 saturated carbocycles. The monoisotopic (exact) mass is 446 g/mol. The van der Waals surface area contributed by atoms with Gasteiger partial charge in [0.2, 0.25) is 0 Å². The van der Waals surface area contributed by atoms with Gasteiger partial charge in [-0.25, -0.2) is 0 Å². The Labute approximate surface area is 169 Å². The van der Waals surface area contributed by atoms with Gasteiger partial charge in [0.15, 0.2) is 0 Å². The van der Waals surface area contributed by atoms with Gasteiger partial charge < -0.3 is 9.90 Å². The smallest absolute Gasteiger partial charge is 0.266 e. The Hall–Kier alpha value is -1.96. The zero-order chi connectivity index (χ0) is 18.7. The number of aliphatic carboxylic acids is 1. The Morgan fingerprint density at radius 1 is 1.23 bits per heavy atom. The Morgan fingerprint density at radius 2 is 1.96 bits per heavy atom. The number of benzene rings is 2. The molecule has 1 heterocycles. The van der Waals surface area contributed by atoms with Crippen molar-refractivity contribution in [1.82, 2.24) is 4.90 Å². The van der Waals surface area contributed by atoms with E-state index in [1.165, 1.54) is 0 Å². The average molecular weight is 447 g/mol. The summed E-state index contributed by atoms with van der Waals surface area (Å²) in [7, 11) is 0. The number of amides is 1. The fourth-order valence-corrected chi connectivity index (χ4v) is 4.39. The molecule has 1 aliphatic heterocycles. The molecule has 1 saturated heterocycles. The number of halogens is 1. The van der Waals surface area contributed by atoms with Gasteiger partial charge in [0.05, 0.1) is 16.9 Å². The molecule has 0 N–H and O–H groups in total. The number of thioether (sulfide) groups is 1. The van der Waals surface area contributed by atoms with Crippen molar-refractivity contribution in [3.8, 4) is 0 Å². The summed E-state index contributed by atoms with van der Waals surface area (Å²) in [5.74, 6) is -1.74. The molecule has 132 valence electrons. The van der Waals surface area contributed by atoms with Gasteiger partial charge in [0, 0.05) is 4.47 Å². The highest BCUT2D eigenvalue weighted by molar-refractivity contribution is 9.10. The third-order valence-electron chi connectivity index (χ3n) is 3.83. The van der Waals surface area contributed by atoms with Crippen LogP contribution in [0.3, 0.4) is 0 Å². The molecule has 2 aromatic carbocycles. The number of carboxylic acid groups (broad SMARTS) is 1. The molecule has 0 bridgehead atoms. The first-order valence-corrected chi connectivity index (χ1v) is 9.75. The average Bonchev–Trinajstić information content (AvgIpc) is 2.87. The molecule has 1 fully saturated rings. The lowest BCUT2D eigenvalue weighted by Gasteiger charge is -2.27. The van der Waals surface area contributed by atoms with Crippen LogP contribution in [0.5, 0.6) is 0 Å². The Bertz CT molecular complexity index is 899. The van der Waals surface area contributed by atoms with Crippen LogP contribution in [-0.2, 0) is 16.0 Å². The van der Waals surface area contributed by atoms with E-state index >= 15 is 0 Å². The highest BCUT2D eigenvalue weighted by Gasteiger charge is 2.37. The Morgan fingerprint density at radius 3 is 2.62 bits per heavy atom. The van der Waals surface area contributed by atoms with Crippen LogP contribution in [0.1, 0.15) is 11.1 Å². The highest BCUT2D eigenvalue weighted by atomic mass is 79.9. The normalized spacial score (nSPS) is 17.0. The van der Waals surface area contributed by atoms with Crippen LogP contribution in [0.15, 0.2) is 64.0 Å². The van der Waals surface area contributed by atoms with Crippen LogP contribution >= 0.6 is 39.9 Å². The van der Waals surface area contributed by atoms with Crippen molar-refractivity contribution in [3.63, 3.8) is 0 Å². The fraction of sp³-hybridized carbons (Fsp3) is 0.105. The molecule has 0 aromatic heterocycles. The van der Waals surface area contributed by atoms with Crippen LogP contribution in [0.25, 0.3) is 6.08 Å². The molecule has 7 heteroatoms. The summed E-state index contributed by atoms with van der Waals surface area (Å²) in [6, 6.07) is 15.4. The standard InChI is InChI=1S/C19H14BrNO3S2/c20-14-8-4-7-13(9-14)11-16-17(22)21(19(25)26-16)15(18(23)24)10-12-5-2-1-3-6-12/h1-9,11,15H,10H2,(H,23,24)/p-1. The minimum Gasteiger partial charge on any atom is -0.548 e. The van der Waals surface area contributed by atoms with Crippen molar-refractivity contribution in [3.05, 3.63) is 75.1 Å². The van der Waals surface area contributed by atoms with E-state index in [2.05, 4.69) is 15.9 Å². The van der Waals surface area contributed by atoms with Crippen molar-refractivity contribution >= 4 is 62.2 Å². The number of carboxylic acids is 1. The molecule has 0 spiro atoms. The third kappa shape index (κ3) is 4.23. The van der Waals surface area contributed by atoms with Crippen LogP contribution in [0, 0.1) is 0 Å². The third-order valence-corrected chi connectivity index (χ3v) is 5.65. The fourth-order valence-electron chi connectivity index (χ4n) is 2.61. The maximum Gasteiger partial charge on any atom is 0.266 e. The molecule has 1 atom stereocenters. The van der Waals surface area contributed by atoms with Gasteiger partial charge in [-0.05, 0) is 35.8 Å². The highest BCUT2D eigenvalue weighted by Crippen LogP contribution is 2.34. The SMILES string of the molecule is O=C([O-])C(Cc1ccccc1)N1C(=O)C(=Cc2cccc(Br)c2)SC1=S. The number of hydrogen-bond acceptors (Lipinski definition) is 5. The van der Waals surface area contributed by atoms with Crippen LogP contribution in [0.4, 0.5) is 0 Å². The largest absolute Gasteiger partial charge is 0.548 e. The van der Waals surface area contributed by atoms with Crippen molar-refractivity contribution < 1.29 is 14.7 Å². The van der Waals surface area contributed by atoms with E-state index in [1.807, 2.05) is 54.6 Å². The molecular formula is C19H13BrNO3S2-. The van der Waals surface area contributed by atoms with E-state index in [1.54, 1.807) is 6.08 Å². The molecule has 2 aromatic rings. The van der Waals surface area contributed by atoms with Gasteiger partial charge in [0.25, 0.3) is 5.91 Å². The summed E-state index contributed by atoms with van der Waals surface area (Å²) in [5.41, 5.74) is 1.62. The minimum atomic E-state index is -1.33. The summed E-state index contributed by atoms with van der Waals surface area (Å²) < 4.78 is 1.11. The van der Waals surface area contributed by atoms with E-state index < -0.39 is 17.9 Å². The molecule has 1 aliphatic rings. The van der Waals surface area contributed by atoms with E-state index in [0.717, 1.165) is 32.3 Å². The predicted molar refractivity (Wildman–Crippen MR) is 108 cm³/mol. The van der Waals surface area contributed by atoms with Gasteiger partial charge in [-0.15, -0.1) is 0 Å². The quantitative estimate of drug-likeness (QED) is 0.521. The van der Waals surface area contributed by atoms with Gasteiger partial charge in [-0.2, -0.15) is 0 Å². The maximum absolute atomic E-state index is 12.8. The lowest BCUT2D eigenvalue weighted by Crippen LogP contribution is -2.51. The molecule has 3 rings (SSSR count). The van der Waals surface area contributed by atoms with Crippen molar-refractivity contribution in [2.24, 2.45) is 0 Å². The van der Waals surface area contributed by atoms with E-state index in [4.69, 9.17) is 12.2 Å². The summed E-state index contributed by atoms with van der Waals surface area (Å²) in [5, 5.41) is 11.7. The maximum atomic E-state index is 12.8. The second-order valence-electron chi connectivity index (χ2n) is 5.63. The Balaban J connectivity index is 1.88. The molecule has 1 unspecified atom stereocenters. The summed E-state index contributed by atoms with van der Waals surface area (Å²) in [6.45, 7) is 0. The zero-order valence-corrected chi connectivity index (χ0v) is 16.6. The molecule has 0 aliphatic carbocycles. The number of carbonyl (C=O) groups excluding carboxylic acids is 2. The first kappa shape index (κ1) is 18.8. The number of hydrogen-bond donors (Lipinski definition) is 0.